The van der Waals surface area contributed by atoms with Crippen molar-refractivity contribution in [1.29, 1.82) is 0 Å². The van der Waals surface area contributed by atoms with E-state index in [9.17, 15) is 9.59 Å². The highest BCUT2D eigenvalue weighted by atomic mass is 32.1. The van der Waals surface area contributed by atoms with Crippen LogP contribution in [-0.2, 0) is 0 Å². The summed E-state index contributed by atoms with van der Waals surface area (Å²) in [6, 6.07) is 4.48. The van der Waals surface area contributed by atoms with Gasteiger partial charge in [0.15, 0.2) is 0 Å². The number of nitrogens with zero attached hydrogens (tertiary/aromatic N) is 1. The topological polar surface area (TPSA) is 111 Å². The Balaban J connectivity index is 2.45. The van der Waals surface area contributed by atoms with Crippen LogP contribution in [0.5, 0.6) is 0 Å². The number of carbonyl (C=O) groups is 2. The molecule has 0 fully saturated rings. The molecule has 0 bridgehead atoms. The van der Waals surface area contributed by atoms with Gasteiger partial charge in [-0.15, -0.1) is 11.3 Å². The minimum atomic E-state index is -0.736. The van der Waals surface area contributed by atoms with Crippen molar-refractivity contribution in [1.82, 2.24) is 4.98 Å². The Hall–Kier alpha value is -2.41. The van der Waals surface area contributed by atoms with Crippen LogP contribution in [0.15, 0.2) is 30.6 Å². The fourth-order valence-corrected chi connectivity index (χ4v) is 2.51. The Morgan fingerprint density at radius 2 is 1.89 bits per heavy atom. The van der Waals surface area contributed by atoms with Crippen LogP contribution < -0.4 is 16.8 Å². The maximum absolute atomic E-state index is 11.3. The lowest BCUT2D eigenvalue weighted by Gasteiger charge is -1.98. The fraction of sp³-hybridized carbons (Fsp3) is 0. The maximum Gasteiger partial charge on any atom is 0.317 e. The third-order valence-electron chi connectivity index (χ3n) is 2.20. The van der Waals surface area contributed by atoms with E-state index in [2.05, 4.69) is 10.3 Å². The summed E-state index contributed by atoms with van der Waals surface area (Å²) in [5, 5.41) is 2.73. The molecule has 0 aromatic carbocycles. The first-order chi connectivity index (χ1) is 8.58. The van der Waals surface area contributed by atoms with Gasteiger partial charge >= 0.3 is 6.03 Å². The Morgan fingerprint density at radius 1 is 1.22 bits per heavy atom. The molecule has 7 heteroatoms. The third kappa shape index (κ3) is 2.46. The Labute approximate surface area is 107 Å². The maximum atomic E-state index is 11.3. The Morgan fingerprint density at radius 3 is 2.44 bits per heavy atom. The van der Waals surface area contributed by atoms with Gasteiger partial charge in [0.2, 0.25) is 0 Å². The minimum absolute atomic E-state index is 0.241. The average molecular weight is 262 g/mol. The van der Waals surface area contributed by atoms with E-state index >= 15 is 0 Å². The van der Waals surface area contributed by atoms with Crippen molar-refractivity contribution in [2.24, 2.45) is 11.5 Å². The Kier molecular flexibility index (Phi) is 3.24. The van der Waals surface area contributed by atoms with Crippen LogP contribution in [-0.4, -0.2) is 16.9 Å². The summed E-state index contributed by atoms with van der Waals surface area (Å²) in [4.78, 5) is 26.8. The van der Waals surface area contributed by atoms with Crippen molar-refractivity contribution in [3.05, 3.63) is 36.2 Å². The minimum Gasteiger partial charge on any atom is -0.366 e. The molecule has 5 N–H and O–H groups in total. The monoisotopic (exact) mass is 262 g/mol. The van der Waals surface area contributed by atoms with Crippen molar-refractivity contribution >= 4 is 28.3 Å². The van der Waals surface area contributed by atoms with Crippen molar-refractivity contribution in [2.75, 3.05) is 5.32 Å². The standard InChI is InChI=1S/C11H10N4O2S/c12-9(16)7-5-8(6-1-3-14-4-2-6)18-10(7)15-11(13)17/h1-5H,(H2,12,16)(H3,13,15,17). The van der Waals surface area contributed by atoms with E-state index in [1.165, 1.54) is 11.3 Å². The zero-order valence-electron chi connectivity index (χ0n) is 9.21. The van der Waals surface area contributed by atoms with Gasteiger partial charge in [-0.05, 0) is 23.8 Å². The van der Waals surface area contributed by atoms with Crippen LogP contribution in [0, 0.1) is 0 Å². The summed E-state index contributed by atoms with van der Waals surface area (Å²) in [5.74, 6) is -0.615. The van der Waals surface area contributed by atoms with Gasteiger partial charge in [0.25, 0.3) is 5.91 Å². The third-order valence-corrected chi connectivity index (χ3v) is 3.30. The van der Waals surface area contributed by atoms with Crippen LogP contribution in [0.1, 0.15) is 10.4 Å². The smallest absolute Gasteiger partial charge is 0.317 e. The molecule has 0 spiro atoms. The molecule has 0 radical (unpaired) electrons. The molecule has 0 saturated carbocycles. The molecule has 0 atom stereocenters. The predicted molar refractivity (Wildman–Crippen MR) is 69.3 cm³/mol. The number of nitrogens with two attached hydrogens (primary N) is 2. The number of aromatic nitrogens is 1. The molecule has 0 unspecified atom stereocenters. The summed E-state index contributed by atoms with van der Waals surface area (Å²) >= 11 is 1.23. The van der Waals surface area contributed by atoms with Gasteiger partial charge in [-0.1, -0.05) is 0 Å². The van der Waals surface area contributed by atoms with Crippen LogP contribution >= 0.6 is 11.3 Å². The quantitative estimate of drug-likeness (QED) is 0.777. The lowest BCUT2D eigenvalue weighted by Crippen LogP contribution is -2.21. The SMILES string of the molecule is NC(=O)Nc1sc(-c2ccncc2)cc1C(N)=O. The largest absolute Gasteiger partial charge is 0.366 e. The van der Waals surface area contributed by atoms with Gasteiger partial charge in [0.05, 0.1) is 5.56 Å². The Bertz CT molecular complexity index is 594. The van der Waals surface area contributed by atoms with Gasteiger partial charge < -0.3 is 11.5 Å². The number of nitrogens with one attached hydrogen (secondary N) is 1. The number of amides is 3. The highest BCUT2D eigenvalue weighted by molar-refractivity contribution is 7.20. The first-order valence-electron chi connectivity index (χ1n) is 4.98. The molecule has 0 aliphatic rings. The summed E-state index contributed by atoms with van der Waals surface area (Å²) in [6.07, 6.45) is 3.28. The van der Waals surface area contributed by atoms with E-state index in [-0.39, 0.29) is 5.56 Å². The summed E-state index contributed by atoms with van der Waals surface area (Å²) in [7, 11) is 0. The van der Waals surface area contributed by atoms with Gasteiger partial charge in [0.1, 0.15) is 5.00 Å². The summed E-state index contributed by atoms with van der Waals surface area (Å²) in [5.41, 5.74) is 11.4. The number of carbonyl (C=O) groups excluding carboxylic acids is 2. The second-order valence-electron chi connectivity index (χ2n) is 3.44. The first kappa shape index (κ1) is 12.1. The van der Waals surface area contributed by atoms with E-state index in [0.29, 0.717) is 5.00 Å². The molecule has 0 aliphatic heterocycles. The lowest BCUT2D eigenvalue weighted by molar-refractivity contribution is 0.100. The molecule has 0 aliphatic carbocycles. The zero-order valence-corrected chi connectivity index (χ0v) is 10.0. The summed E-state index contributed by atoms with van der Waals surface area (Å²) < 4.78 is 0. The molecule has 3 amide bonds. The fourth-order valence-electron chi connectivity index (χ4n) is 1.44. The number of hydrogen-bond donors (Lipinski definition) is 3. The highest BCUT2D eigenvalue weighted by Gasteiger charge is 2.15. The predicted octanol–water partition coefficient (Wildman–Crippen LogP) is 1.40. The van der Waals surface area contributed by atoms with Crippen LogP contribution in [0.3, 0.4) is 0 Å². The van der Waals surface area contributed by atoms with Crippen LogP contribution in [0.2, 0.25) is 0 Å². The number of anilines is 1. The van der Waals surface area contributed by atoms with Gasteiger partial charge in [-0.25, -0.2) is 4.79 Å². The number of thiophene rings is 1. The van der Waals surface area contributed by atoms with Gasteiger partial charge in [-0.2, -0.15) is 0 Å². The molecule has 2 aromatic rings. The van der Waals surface area contributed by atoms with Gasteiger partial charge in [-0.3, -0.25) is 15.1 Å². The number of hydrogen-bond acceptors (Lipinski definition) is 4. The van der Waals surface area contributed by atoms with Crippen molar-refractivity contribution in [3.63, 3.8) is 0 Å². The number of pyridine rings is 1. The molecule has 18 heavy (non-hydrogen) atoms. The van der Waals surface area contributed by atoms with E-state index < -0.39 is 11.9 Å². The summed E-state index contributed by atoms with van der Waals surface area (Å²) in [6.45, 7) is 0. The highest BCUT2D eigenvalue weighted by Crippen LogP contribution is 2.34. The molecule has 92 valence electrons. The first-order valence-corrected chi connectivity index (χ1v) is 5.80. The van der Waals surface area contributed by atoms with Crippen LogP contribution in [0.25, 0.3) is 10.4 Å². The van der Waals surface area contributed by atoms with E-state index in [4.69, 9.17) is 11.5 Å². The molecule has 2 rings (SSSR count). The molecular weight excluding hydrogens is 252 g/mol. The van der Waals surface area contributed by atoms with Crippen molar-refractivity contribution in [3.8, 4) is 10.4 Å². The normalized spacial score (nSPS) is 10.0. The van der Waals surface area contributed by atoms with Crippen LogP contribution in [0.4, 0.5) is 9.80 Å². The molecule has 6 nitrogen and oxygen atoms in total. The number of urea groups is 1. The van der Waals surface area contributed by atoms with Gasteiger partial charge in [0, 0.05) is 17.3 Å². The molecular formula is C11H10N4O2S. The lowest BCUT2D eigenvalue weighted by atomic mass is 10.2. The molecule has 0 saturated heterocycles. The molecule has 2 heterocycles. The second kappa shape index (κ2) is 4.84. The molecule has 2 aromatic heterocycles. The van der Waals surface area contributed by atoms with Crippen molar-refractivity contribution in [2.45, 2.75) is 0 Å². The average Bonchev–Trinajstić information content (AvgIpc) is 2.73. The number of rotatable bonds is 3. The zero-order chi connectivity index (χ0) is 13.1. The number of primary amides is 2. The van der Waals surface area contributed by atoms with E-state index in [0.717, 1.165) is 10.4 Å². The second-order valence-corrected chi connectivity index (χ2v) is 4.50. The van der Waals surface area contributed by atoms with Crippen molar-refractivity contribution < 1.29 is 9.59 Å². The van der Waals surface area contributed by atoms with E-state index in [1.54, 1.807) is 30.6 Å². The van der Waals surface area contributed by atoms with E-state index in [1.807, 2.05) is 0 Å².